The molecule has 6 heteroatoms. The first-order valence-corrected chi connectivity index (χ1v) is 12.9. The zero-order valence-electron chi connectivity index (χ0n) is 17.8. The van der Waals surface area contributed by atoms with E-state index in [-0.39, 0.29) is 12.1 Å². The van der Waals surface area contributed by atoms with E-state index in [1.165, 1.54) is 0 Å². The lowest BCUT2D eigenvalue weighted by Crippen LogP contribution is -2.51. The Morgan fingerprint density at radius 2 is 1.59 bits per heavy atom. The molecule has 4 nitrogen and oxygen atoms in total. The Morgan fingerprint density at radius 3 is 2.03 bits per heavy atom. The van der Waals surface area contributed by atoms with Crippen molar-refractivity contribution in [2.45, 2.75) is 52.0 Å². The summed E-state index contributed by atoms with van der Waals surface area (Å²) in [7, 11) is 0. The zero-order valence-corrected chi connectivity index (χ0v) is 19.5. The van der Waals surface area contributed by atoms with E-state index in [9.17, 15) is 4.79 Å². The molecule has 1 amide bonds. The van der Waals surface area contributed by atoms with Crippen molar-refractivity contribution in [1.29, 1.82) is 0 Å². The Bertz CT molecular complexity index is 850. The highest BCUT2D eigenvalue weighted by Gasteiger charge is 2.47. The lowest BCUT2D eigenvalue weighted by molar-refractivity contribution is -0.0617. The number of ether oxygens (including phenoxy) is 2. The SMILES string of the molecule is CC(C)(C)OC(=O)N1[C@H](CP(=S)(c2ccccc2)c2ccccc2)COC1(C)C. The predicted molar refractivity (Wildman–Crippen MR) is 123 cm³/mol. The van der Waals surface area contributed by atoms with E-state index in [0.29, 0.717) is 12.8 Å². The van der Waals surface area contributed by atoms with Crippen molar-refractivity contribution in [3.05, 3.63) is 60.7 Å². The van der Waals surface area contributed by atoms with Crippen LogP contribution in [-0.4, -0.2) is 41.1 Å². The summed E-state index contributed by atoms with van der Waals surface area (Å²) in [6, 6.07) is 18.2. The van der Waals surface area contributed by atoms with Crippen LogP contribution in [0, 0.1) is 0 Å². The van der Waals surface area contributed by atoms with Gasteiger partial charge in [0.05, 0.1) is 12.6 Å². The summed E-state index contributed by atoms with van der Waals surface area (Å²) in [6.07, 6.45) is 0.312. The molecule has 3 rings (SSSR count). The minimum atomic E-state index is -2.15. The molecule has 0 radical (unpaired) electrons. The summed E-state index contributed by atoms with van der Waals surface area (Å²) < 4.78 is 11.7. The molecule has 1 aliphatic rings. The average molecular weight is 432 g/mol. The van der Waals surface area contributed by atoms with Gasteiger partial charge in [0.1, 0.15) is 11.3 Å². The van der Waals surface area contributed by atoms with Gasteiger partial charge in [-0.05, 0) is 45.2 Å². The van der Waals surface area contributed by atoms with Crippen molar-refractivity contribution in [2.75, 3.05) is 12.8 Å². The van der Waals surface area contributed by atoms with E-state index in [1.807, 2.05) is 71.0 Å². The standard InChI is InChI=1S/C23H30NO3PS/c1-22(2,3)27-21(25)24-18(16-26-23(24,4)5)17-28(29,19-12-8-6-9-13-19)20-14-10-7-11-15-20/h6-15,18H,16-17H2,1-5H3/t18-/m0/s1. The number of hydrogen-bond acceptors (Lipinski definition) is 4. The van der Waals surface area contributed by atoms with Crippen LogP contribution in [0.1, 0.15) is 34.6 Å². The smallest absolute Gasteiger partial charge is 0.412 e. The van der Waals surface area contributed by atoms with Gasteiger partial charge < -0.3 is 9.47 Å². The van der Waals surface area contributed by atoms with Crippen LogP contribution < -0.4 is 10.6 Å². The molecule has 156 valence electrons. The second-order valence-corrected chi connectivity index (χ2v) is 13.6. The molecule has 29 heavy (non-hydrogen) atoms. The molecule has 0 spiro atoms. The van der Waals surface area contributed by atoms with Gasteiger partial charge in [-0.25, -0.2) is 4.79 Å². The molecule has 1 aliphatic heterocycles. The highest BCUT2D eigenvalue weighted by atomic mass is 32.4. The first-order valence-electron chi connectivity index (χ1n) is 9.89. The fourth-order valence-electron chi connectivity index (χ4n) is 3.69. The quantitative estimate of drug-likeness (QED) is 0.669. The Balaban J connectivity index is 1.99. The maximum atomic E-state index is 13.0. The van der Waals surface area contributed by atoms with Gasteiger partial charge in [-0.2, -0.15) is 0 Å². The maximum Gasteiger partial charge on any atom is 0.412 e. The van der Waals surface area contributed by atoms with Crippen molar-refractivity contribution in [3.8, 4) is 0 Å². The van der Waals surface area contributed by atoms with Crippen molar-refractivity contribution in [2.24, 2.45) is 0 Å². The monoisotopic (exact) mass is 431 g/mol. The molecule has 0 unspecified atom stereocenters. The molecule has 0 aromatic heterocycles. The predicted octanol–water partition coefficient (Wildman–Crippen LogP) is 4.49. The summed E-state index contributed by atoms with van der Waals surface area (Å²) in [5.41, 5.74) is -1.31. The third kappa shape index (κ3) is 4.91. The molecule has 1 atom stereocenters. The summed E-state index contributed by atoms with van der Waals surface area (Å²) >= 11 is 6.37. The van der Waals surface area contributed by atoms with Gasteiger partial charge >= 0.3 is 6.09 Å². The number of carbonyl (C=O) groups excluding carboxylic acids is 1. The fraction of sp³-hybridized carbons (Fsp3) is 0.435. The summed E-state index contributed by atoms with van der Waals surface area (Å²) in [6.45, 7) is 9.90. The Labute approximate surface area is 179 Å². The summed E-state index contributed by atoms with van der Waals surface area (Å²) in [5.74, 6) is 0. The van der Waals surface area contributed by atoms with E-state index in [0.717, 1.165) is 10.6 Å². The first-order chi connectivity index (χ1) is 13.5. The Kier molecular flexibility index (Phi) is 6.24. The van der Waals surface area contributed by atoms with E-state index in [1.54, 1.807) is 4.90 Å². The molecule has 0 saturated carbocycles. The van der Waals surface area contributed by atoms with Crippen LogP contribution in [0.4, 0.5) is 4.79 Å². The van der Waals surface area contributed by atoms with E-state index < -0.39 is 17.4 Å². The van der Waals surface area contributed by atoms with Gasteiger partial charge in [-0.15, -0.1) is 0 Å². The van der Waals surface area contributed by atoms with Crippen molar-refractivity contribution >= 4 is 34.5 Å². The van der Waals surface area contributed by atoms with Crippen molar-refractivity contribution in [3.63, 3.8) is 0 Å². The Morgan fingerprint density at radius 1 is 1.10 bits per heavy atom. The second-order valence-electron chi connectivity index (χ2n) is 8.86. The lowest BCUT2D eigenvalue weighted by atomic mass is 10.2. The van der Waals surface area contributed by atoms with Crippen LogP contribution in [-0.2, 0) is 21.3 Å². The largest absolute Gasteiger partial charge is 0.444 e. The minimum absolute atomic E-state index is 0.147. The van der Waals surface area contributed by atoms with Crippen LogP contribution in [0.15, 0.2) is 60.7 Å². The average Bonchev–Trinajstić information content (AvgIpc) is 2.95. The van der Waals surface area contributed by atoms with Crippen molar-refractivity contribution in [1.82, 2.24) is 4.90 Å². The molecule has 0 aliphatic carbocycles. The number of carbonyl (C=O) groups is 1. The fourth-order valence-corrected chi connectivity index (χ4v) is 7.83. The van der Waals surface area contributed by atoms with Gasteiger partial charge in [0.15, 0.2) is 0 Å². The van der Waals surface area contributed by atoms with Crippen LogP contribution in [0.5, 0.6) is 0 Å². The highest BCUT2D eigenvalue weighted by Crippen LogP contribution is 2.47. The number of benzene rings is 2. The van der Waals surface area contributed by atoms with Crippen molar-refractivity contribution < 1.29 is 14.3 Å². The third-order valence-electron chi connectivity index (χ3n) is 4.98. The molecule has 2 aromatic carbocycles. The van der Waals surface area contributed by atoms with Gasteiger partial charge in [-0.3, -0.25) is 4.90 Å². The van der Waals surface area contributed by atoms with Gasteiger partial charge in [0.2, 0.25) is 0 Å². The molecular formula is C23H30NO3PS. The number of nitrogens with zero attached hydrogens (tertiary/aromatic N) is 1. The topological polar surface area (TPSA) is 38.8 Å². The number of rotatable bonds is 4. The van der Waals surface area contributed by atoms with E-state index in [4.69, 9.17) is 21.3 Å². The normalized spacial score (nSPS) is 19.2. The van der Waals surface area contributed by atoms with Gasteiger partial charge in [-0.1, -0.05) is 72.5 Å². The van der Waals surface area contributed by atoms with Gasteiger partial charge in [0, 0.05) is 12.2 Å². The third-order valence-corrected chi connectivity index (χ3v) is 9.89. The molecule has 1 heterocycles. The molecule has 2 aromatic rings. The molecule has 1 saturated heterocycles. The first kappa shape index (κ1) is 22.0. The lowest BCUT2D eigenvalue weighted by Gasteiger charge is -2.37. The molecule has 0 N–H and O–H groups in total. The van der Waals surface area contributed by atoms with Crippen LogP contribution in [0.25, 0.3) is 0 Å². The van der Waals surface area contributed by atoms with Crippen LogP contribution in [0.3, 0.4) is 0 Å². The summed E-state index contributed by atoms with van der Waals surface area (Å²) in [4.78, 5) is 14.8. The zero-order chi connectivity index (χ0) is 21.3. The minimum Gasteiger partial charge on any atom is -0.444 e. The maximum absolute atomic E-state index is 13.0. The highest BCUT2D eigenvalue weighted by molar-refractivity contribution is 8.21. The van der Waals surface area contributed by atoms with Crippen LogP contribution in [0.2, 0.25) is 0 Å². The molecule has 0 bridgehead atoms. The molecule has 1 fully saturated rings. The molecular weight excluding hydrogens is 401 g/mol. The van der Waals surface area contributed by atoms with E-state index in [2.05, 4.69) is 24.3 Å². The van der Waals surface area contributed by atoms with Gasteiger partial charge in [0.25, 0.3) is 0 Å². The second kappa shape index (κ2) is 8.22. The summed E-state index contributed by atoms with van der Waals surface area (Å²) in [5, 5.41) is 2.30. The number of hydrogen-bond donors (Lipinski definition) is 0. The van der Waals surface area contributed by atoms with E-state index >= 15 is 0 Å². The Hall–Kier alpha value is -1.68. The number of amides is 1. The van der Waals surface area contributed by atoms with Crippen LogP contribution >= 0.6 is 6.04 Å².